The molecule has 0 unspecified atom stereocenters. The molecule has 0 amide bonds. The summed E-state index contributed by atoms with van der Waals surface area (Å²) in [6, 6.07) is 6.37. The molecule has 0 saturated carbocycles. The summed E-state index contributed by atoms with van der Waals surface area (Å²) < 4.78 is 1.50. The van der Waals surface area contributed by atoms with E-state index in [0.717, 1.165) is 0 Å². The lowest BCUT2D eigenvalue weighted by Crippen LogP contribution is -2.31. The van der Waals surface area contributed by atoms with E-state index in [2.05, 4.69) is 5.10 Å². The Balaban J connectivity index is 2.49. The Morgan fingerprint density at radius 1 is 1.44 bits per heavy atom. The summed E-state index contributed by atoms with van der Waals surface area (Å²) in [5, 5.41) is 26.1. The Kier molecular flexibility index (Phi) is 2.86. The number of nitrogens with zero attached hydrogens (tertiary/aromatic N) is 3. The highest BCUT2D eigenvalue weighted by Crippen LogP contribution is 2.22. The first-order valence-electron chi connectivity index (χ1n) is 5.52. The molecule has 0 atom stereocenters. The number of para-hydroxylation sites is 1. The van der Waals surface area contributed by atoms with Crippen LogP contribution in [0.2, 0.25) is 0 Å². The van der Waals surface area contributed by atoms with Crippen LogP contribution in [0.4, 0.5) is 5.69 Å². The van der Waals surface area contributed by atoms with Crippen molar-refractivity contribution in [3.63, 3.8) is 0 Å². The smallest absolute Gasteiger partial charge is 0.282 e. The quantitative estimate of drug-likeness (QED) is 0.442. The van der Waals surface area contributed by atoms with E-state index in [1.54, 1.807) is 24.4 Å². The number of hydrazone groups is 1. The van der Waals surface area contributed by atoms with Crippen LogP contribution in [-0.2, 0) is 0 Å². The zero-order chi connectivity index (χ0) is 13.3. The Labute approximate surface area is 104 Å². The molecule has 0 N–H and O–H groups in total. The van der Waals surface area contributed by atoms with Gasteiger partial charge < -0.3 is 5.11 Å². The Morgan fingerprint density at radius 3 is 2.67 bits per heavy atom. The van der Waals surface area contributed by atoms with E-state index in [0.29, 0.717) is 12.0 Å². The lowest BCUT2D eigenvalue weighted by molar-refractivity contribution is -0.591. The van der Waals surface area contributed by atoms with Crippen LogP contribution in [0.15, 0.2) is 29.4 Å². The van der Waals surface area contributed by atoms with E-state index >= 15 is 0 Å². The third kappa shape index (κ3) is 2.22. The predicted molar refractivity (Wildman–Crippen MR) is 64.7 cm³/mol. The Bertz CT molecular complexity index is 561. The van der Waals surface area contributed by atoms with Crippen molar-refractivity contribution in [1.29, 1.82) is 0 Å². The first-order valence-corrected chi connectivity index (χ1v) is 5.52. The SMILES string of the molecule is CC1(C)CC([O-])=N/[N+]1=C\c1ccccc1[N+](=O)[O-]. The van der Waals surface area contributed by atoms with Gasteiger partial charge in [0.15, 0.2) is 5.54 Å². The van der Waals surface area contributed by atoms with Gasteiger partial charge in [-0.15, -0.1) is 0 Å². The first kappa shape index (κ1) is 12.2. The van der Waals surface area contributed by atoms with Gasteiger partial charge in [-0.05, 0) is 11.2 Å². The zero-order valence-corrected chi connectivity index (χ0v) is 10.2. The van der Waals surface area contributed by atoms with Crippen LogP contribution in [0.5, 0.6) is 0 Å². The second-order valence-corrected chi connectivity index (χ2v) is 4.77. The Morgan fingerprint density at radius 2 is 2.11 bits per heavy atom. The topological polar surface area (TPSA) is 81.6 Å². The van der Waals surface area contributed by atoms with Crippen LogP contribution in [-0.4, -0.2) is 27.3 Å². The van der Waals surface area contributed by atoms with Gasteiger partial charge in [0.1, 0.15) is 5.56 Å². The maximum Gasteiger partial charge on any atom is 0.282 e. The minimum Gasteiger partial charge on any atom is -0.857 e. The molecule has 0 aliphatic carbocycles. The highest BCUT2D eigenvalue weighted by Gasteiger charge is 2.37. The molecule has 6 heteroatoms. The molecule has 1 aliphatic heterocycles. The van der Waals surface area contributed by atoms with Crippen LogP contribution < -0.4 is 5.11 Å². The lowest BCUT2D eigenvalue weighted by Gasteiger charge is -2.11. The zero-order valence-electron chi connectivity index (χ0n) is 10.2. The summed E-state index contributed by atoms with van der Waals surface area (Å²) in [5.74, 6) is -0.213. The van der Waals surface area contributed by atoms with E-state index in [-0.39, 0.29) is 11.6 Å². The number of nitro benzene ring substituents is 1. The largest absolute Gasteiger partial charge is 0.857 e. The molecule has 18 heavy (non-hydrogen) atoms. The fraction of sp³-hybridized carbons (Fsp3) is 0.333. The van der Waals surface area contributed by atoms with Crippen molar-refractivity contribution in [2.45, 2.75) is 25.8 Å². The molecule has 1 aliphatic rings. The van der Waals surface area contributed by atoms with E-state index in [1.165, 1.54) is 10.8 Å². The molecule has 1 heterocycles. The van der Waals surface area contributed by atoms with Gasteiger partial charge in [-0.2, -0.15) is 0 Å². The second-order valence-electron chi connectivity index (χ2n) is 4.77. The van der Waals surface area contributed by atoms with Crippen molar-refractivity contribution in [3.8, 4) is 0 Å². The van der Waals surface area contributed by atoms with Gasteiger partial charge in [-0.1, -0.05) is 16.8 Å². The molecule has 1 aromatic carbocycles. The number of benzene rings is 1. The van der Waals surface area contributed by atoms with Gasteiger partial charge in [-0.3, -0.25) is 10.1 Å². The van der Waals surface area contributed by atoms with Crippen molar-refractivity contribution in [2.75, 3.05) is 0 Å². The fourth-order valence-electron chi connectivity index (χ4n) is 1.84. The summed E-state index contributed by atoms with van der Waals surface area (Å²) in [6.07, 6.45) is 1.85. The molecule has 2 rings (SSSR count). The summed E-state index contributed by atoms with van der Waals surface area (Å²) in [7, 11) is 0. The van der Waals surface area contributed by atoms with Gasteiger partial charge in [0.25, 0.3) is 5.69 Å². The van der Waals surface area contributed by atoms with Gasteiger partial charge in [0.05, 0.1) is 4.92 Å². The van der Waals surface area contributed by atoms with Crippen LogP contribution in [0, 0.1) is 10.1 Å². The maximum absolute atomic E-state index is 11.3. The van der Waals surface area contributed by atoms with E-state index < -0.39 is 10.5 Å². The molecule has 6 nitrogen and oxygen atoms in total. The van der Waals surface area contributed by atoms with Gasteiger partial charge in [-0.25, -0.2) is 0 Å². The van der Waals surface area contributed by atoms with Gasteiger partial charge >= 0.3 is 0 Å². The molecule has 0 aromatic heterocycles. The van der Waals surface area contributed by atoms with Crippen molar-refractivity contribution in [3.05, 3.63) is 39.9 Å². The number of hydrogen-bond acceptors (Lipinski definition) is 4. The highest BCUT2D eigenvalue weighted by molar-refractivity contribution is 5.83. The third-order valence-electron chi connectivity index (χ3n) is 2.82. The predicted octanol–water partition coefficient (Wildman–Crippen LogP) is 0.882. The summed E-state index contributed by atoms with van der Waals surface area (Å²) >= 11 is 0. The molecule has 1 aromatic rings. The van der Waals surface area contributed by atoms with E-state index in [9.17, 15) is 15.2 Å². The lowest BCUT2D eigenvalue weighted by atomic mass is 10.0. The minimum absolute atomic E-state index is 0.00264. The van der Waals surface area contributed by atoms with E-state index in [1.807, 2.05) is 13.8 Å². The number of rotatable bonds is 2. The van der Waals surface area contributed by atoms with Gasteiger partial charge in [0, 0.05) is 32.2 Å². The van der Waals surface area contributed by atoms with Crippen molar-refractivity contribution >= 4 is 17.8 Å². The number of hydrogen-bond donors (Lipinski definition) is 0. The second kappa shape index (κ2) is 4.21. The normalized spacial score (nSPS) is 19.9. The van der Waals surface area contributed by atoms with Crippen LogP contribution >= 0.6 is 0 Å². The van der Waals surface area contributed by atoms with Gasteiger partial charge in [0.2, 0.25) is 6.21 Å². The Hall–Kier alpha value is -2.24. The van der Waals surface area contributed by atoms with Crippen molar-refractivity contribution in [1.82, 2.24) is 0 Å². The molecule has 0 saturated heterocycles. The highest BCUT2D eigenvalue weighted by atomic mass is 16.6. The maximum atomic E-state index is 11.3. The van der Waals surface area contributed by atoms with Crippen molar-refractivity contribution < 1.29 is 14.7 Å². The molecule has 0 bridgehead atoms. The molecular weight excluding hydrogens is 234 g/mol. The number of nitro groups is 1. The molecule has 0 radical (unpaired) electrons. The minimum atomic E-state index is -0.448. The fourth-order valence-corrected chi connectivity index (χ4v) is 1.84. The standard InChI is InChI=1S/C12H13N3O3/c1-12(2)7-11(16)13-14(12)8-9-5-3-4-6-10(9)15(17)18/h3-6,8H,7H2,1-2H3/b14-8-. The summed E-state index contributed by atoms with van der Waals surface area (Å²) in [6.45, 7) is 3.74. The summed E-state index contributed by atoms with van der Waals surface area (Å²) in [4.78, 5) is 10.4. The van der Waals surface area contributed by atoms with Crippen molar-refractivity contribution in [2.24, 2.45) is 5.10 Å². The van der Waals surface area contributed by atoms with Crippen LogP contribution in [0.25, 0.3) is 0 Å². The first-order chi connectivity index (χ1) is 8.40. The average molecular weight is 247 g/mol. The monoisotopic (exact) mass is 247 g/mol. The molecule has 0 spiro atoms. The van der Waals surface area contributed by atoms with E-state index in [4.69, 9.17) is 0 Å². The molecular formula is C12H13N3O3. The van der Waals surface area contributed by atoms with Crippen LogP contribution in [0.1, 0.15) is 25.8 Å². The third-order valence-corrected chi connectivity index (χ3v) is 2.82. The molecule has 94 valence electrons. The molecule has 0 fully saturated rings. The summed E-state index contributed by atoms with van der Waals surface area (Å²) in [5.41, 5.74) is -0.00211. The van der Waals surface area contributed by atoms with Crippen LogP contribution in [0.3, 0.4) is 0 Å². The average Bonchev–Trinajstić information content (AvgIpc) is 2.52.